The lowest BCUT2D eigenvalue weighted by atomic mass is 10.1. The first kappa shape index (κ1) is 13.3. The van der Waals surface area contributed by atoms with Gasteiger partial charge in [0.1, 0.15) is 0 Å². The van der Waals surface area contributed by atoms with Gasteiger partial charge in [-0.2, -0.15) is 0 Å². The molecule has 0 atom stereocenters. The molecule has 1 aromatic carbocycles. The number of carbonyl (C=O) groups is 1. The number of pyridine rings is 2. The Bertz CT molecular complexity index is 1020. The molecular weight excluding hydrogens is 292 g/mol. The predicted molar refractivity (Wildman–Crippen MR) is 87.0 cm³/mol. The summed E-state index contributed by atoms with van der Waals surface area (Å²) in [5.41, 5.74) is 7.65. The summed E-state index contributed by atoms with van der Waals surface area (Å²) < 4.78 is 5.27. The van der Waals surface area contributed by atoms with Crippen LogP contribution < -0.4 is 10.5 Å². The molecule has 6 nitrogen and oxygen atoms in total. The van der Waals surface area contributed by atoms with Crippen LogP contribution in [-0.2, 0) is 0 Å². The summed E-state index contributed by atoms with van der Waals surface area (Å²) in [5.74, 6) is 0.414. The Morgan fingerprint density at radius 2 is 1.78 bits per heavy atom. The third-order valence-corrected chi connectivity index (χ3v) is 3.71. The van der Waals surface area contributed by atoms with Crippen molar-refractivity contribution >= 4 is 27.8 Å². The molecular formula is C17H12N4O2. The molecule has 4 aromatic rings. The van der Waals surface area contributed by atoms with Crippen LogP contribution in [0.15, 0.2) is 55.1 Å². The van der Waals surface area contributed by atoms with Crippen LogP contribution in [0.4, 0.5) is 4.79 Å². The molecule has 0 bridgehead atoms. The molecule has 0 saturated heterocycles. The quantitative estimate of drug-likeness (QED) is 0.594. The van der Waals surface area contributed by atoms with E-state index in [4.69, 9.17) is 10.5 Å². The second kappa shape index (κ2) is 5.10. The fourth-order valence-corrected chi connectivity index (χ4v) is 2.74. The van der Waals surface area contributed by atoms with E-state index in [2.05, 4.69) is 15.0 Å². The number of ether oxygens (including phenoxy) is 1. The molecule has 4 rings (SSSR count). The zero-order valence-electron chi connectivity index (χ0n) is 12.0. The molecule has 0 aliphatic heterocycles. The van der Waals surface area contributed by atoms with Crippen molar-refractivity contribution in [1.82, 2.24) is 15.0 Å². The van der Waals surface area contributed by atoms with E-state index in [0.29, 0.717) is 11.4 Å². The van der Waals surface area contributed by atoms with Gasteiger partial charge in [0.2, 0.25) is 0 Å². The van der Waals surface area contributed by atoms with E-state index in [1.165, 1.54) is 0 Å². The van der Waals surface area contributed by atoms with Crippen LogP contribution in [0.3, 0.4) is 0 Å². The molecule has 0 fully saturated rings. The van der Waals surface area contributed by atoms with Gasteiger partial charge in [0.05, 0.1) is 11.2 Å². The highest BCUT2D eigenvalue weighted by Crippen LogP contribution is 2.39. The number of primary amides is 1. The van der Waals surface area contributed by atoms with Crippen molar-refractivity contribution in [3.63, 3.8) is 0 Å². The fraction of sp³-hybridized carbons (Fsp3) is 0. The number of aromatic nitrogens is 3. The zero-order valence-corrected chi connectivity index (χ0v) is 12.0. The first-order chi connectivity index (χ1) is 11.2. The maximum atomic E-state index is 11.3. The Hall–Kier alpha value is -3.41. The average Bonchev–Trinajstić information content (AvgIpc) is 2.94. The van der Waals surface area contributed by atoms with Crippen molar-refractivity contribution in [1.29, 1.82) is 0 Å². The van der Waals surface area contributed by atoms with Crippen LogP contribution in [0, 0.1) is 0 Å². The Balaban J connectivity index is 2.08. The molecule has 112 valence electrons. The molecule has 0 saturated carbocycles. The second-order valence-corrected chi connectivity index (χ2v) is 5.07. The Morgan fingerprint density at radius 1 is 1.00 bits per heavy atom. The van der Waals surface area contributed by atoms with Crippen LogP contribution in [0.5, 0.6) is 5.75 Å². The molecule has 23 heavy (non-hydrogen) atoms. The summed E-state index contributed by atoms with van der Waals surface area (Å²) in [6, 6.07) is 9.41. The van der Waals surface area contributed by atoms with E-state index < -0.39 is 6.09 Å². The molecule has 3 aromatic heterocycles. The number of nitrogens with one attached hydrogen (secondary N) is 1. The second-order valence-electron chi connectivity index (χ2n) is 5.07. The number of fused-ring (bicyclic) bond motifs is 3. The summed E-state index contributed by atoms with van der Waals surface area (Å²) in [7, 11) is 0. The van der Waals surface area contributed by atoms with Crippen molar-refractivity contribution in [2.45, 2.75) is 0 Å². The van der Waals surface area contributed by atoms with E-state index in [0.717, 1.165) is 27.2 Å². The normalized spacial score (nSPS) is 11.0. The van der Waals surface area contributed by atoms with Gasteiger partial charge >= 0.3 is 6.09 Å². The summed E-state index contributed by atoms with van der Waals surface area (Å²) in [4.78, 5) is 22.8. The lowest BCUT2D eigenvalue weighted by Crippen LogP contribution is -2.16. The molecule has 0 aliphatic rings. The van der Waals surface area contributed by atoms with Gasteiger partial charge in [0, 0.05) is 46.5 Å². The number of carbonyl (C=O) groups excluding carboxylic acids is 1. The summed E-state index contributed by atoms with van der Waals surface area (Å²) in [6.07, 6.45) is 6.02. The number of hydrogen-bond acceptors (Lipinski definition) is 4. The number of hydrogen-bond donors (Lipinski definition) is 2. The molecule has 1 amide bonds. The van der Waals surface area contributed by atoms with E-state index in [1.807, 2.05) is 30.3 Å². The number of nitrogens with two attached hydrogens (primary N) is 1. The Morgan fingerprint density at radius 3 is 2.57 bits per heavy atom. The minimum Gasteiger partial charge on any atom is -0.408 e. The molecule has 0 spiro atoms. The minimum absolute atomic E-state index is 0.414. The van der Waals surface area contributed by atoms with Crippen molar-refractivity contribution < 1.29 is 9.53 Å². The minimum atomic E-state index is -0.851. The number of benzene rings is 1. The van der Waals surface area contributed by atoms with Gasteiger partial charge in [0.25, 0.3) is 0 Å². The molecule has 3 N–H and O–H groups in total. The van der Waals surface area contributed by atoms with E-state index in [1.54, 1.807) is 24.8 Å². The topological polar surface area (TPSA) is 93.9 Å². The van der Waals surface area contributed by atoms with Crippen molar-refractivity contribution in [2.75, 3.05) is 0 Å². The predicted octanol–water partition coefficient (Wildman–Crippen LogP) is 3.24. The molecule has 0 radical (unpaired) electrons. The first-order valence-corrected chi connectivity index (χ1v) is 7.00. The highest BCUT2D eigenvalue weighted by atomic mass is 16.5. The molecule has 6 heteroatoms. The Kier molecular flexibility index (Phi) is 2.94. The monoisotopic (exact) mass is 304 g/mol. The van der Waals surface area contributed by atoms with Crippen molar-refractivity contribution in [2.24, 2.45) is 5.73 Å². The highest BCUT2D eigenvalue weighted by Gasteiger charge is 2.18. The molecule has 0 aliphatic carbocycles. The number of aromatic amines is 1. The maximum Gasteiger partial charge on any atom is 0.410 e. The van der Waals surface area contributed by atoms with Crippen molar-refractivity contribution in [3.05, 3.63) is 55.1 Å². The molecule has 3 heterocycles. The maximum absolute atomic E-state index is 11.3. The van der Waals surface area contributed by atoms with Gasteiger partial charge < -0.3 is 15.5 Å². The number of amides is 1. The lowest BCUT2D eigenvalue weighted by Gasteiger charge is -2.04. The molecule has 0 unspecified atom stereocenters. The van der Waals surface area contributed by atoms with Gasteiger partial charge in [0.15, 0.2) is 5.75 Å². The van der Waals surface area contributed by atoms with Crippen LogP contribution in [-0.4, -0.2) is 21.0 Å². The van der Waals surface area contributed by atoms with Crippen LogP contribution in [0.1, 0.15) is 0 Å². The summed E-state index contributed by atoms with van der Waals surface area (Å²) in [5, 5.41) is 2.77. The standard InChI is InChI=1S/C17H12N4O2/c18-17(22)23-16-13-2-1-11-9-20-8-5-12(11)15(13)21-14(16)10-3-6-19-7-4-10/h1-9,21H,(H2,18,22). The van der Waals surface area contributed by atoms with Crippen LogP contribution in [0.2, 0.25) is 0 Å². The van der Waals surface area contributed by atoms with Gasteiger partial charge in [-0.1, -0.05) is 6.07 Å². The third kappa shape index (κ3) is 2.17. The lowest BCUT2D eigenvalue weighted by molar-refractivity contribution is 0.211. The highest BCUT2D eigenvalue weighted by molar-refractivity contribution is 6.10. The summed E-state index contributed by atoms with van der Waals surface area (Å²) in [6.45, 7) is 0. The van der Waals surface area contributed by atoms with Gasteiger partial charge in [-0.3, -0.25) is 9.97 Å². The third-order valence-electron chi connectivity index (χ3n) is 3.71. The summed E-state index contributed by atoms with van der Waals surface area (Å²) >= 11 is 0. The Labute approximate surface area is 130 Å². The largest absolute Gasteiger partial charge is 0.410 e. The van der Waals surface area contributed by atoms with E-state index >= 15 is 0 Å². The smallest absolute Gasteiger partial charge is 0.408 e. The van der Waals surface area contributed by atoms with Crippen molar-refractivity contribution in [3.8, 4) is 17.0 Å². The average molecular weight is 304 g/mol. The van der Waals surface area contributed by atoms with Gasteiger partial charge in [-0.15, -0.1) is 0 Å². The fourth-order valence-electron chi connectivity index (χ4n) is 2.74. The van der Waals surface area contributed by atoms with Crippen LogP contribution >= 0.6 is 0 Å². The number of H-pyrrole nitrogens is 1. The van der Waals surface area contributed by atoms with E-state index in [9.17, 15) is 4.79 Å². The van der Waals surface area contributed by atoms with Crippen LogP contribution in [0.25, 0.3) is 32.9 Å². The van der Waals surface area contributed by atoms with Gasteiger partial charge in [-0.05, 0) is 24.3 Å². The van der Waals surface area contributed by atoms with E-state index in [-0.39, 0.29) is 0 Å². The zero-order chi connectivity index (χ0) is 15.8. The number of nitrogens with zero attached hydrogens (tertiary/aromatic N) is 2. The number of rotatable bonds is 2. The first-order valence-electron chi connectivity index (χ1n) is 7.00. The van der Waals surface area contributed by atoms with Gasteiger partial charge in [-0.25, -0.2) is 4.79 Å². The SMILES string of the molecule is NC(=O)Oc1c(-c2ccncc2)[nH]c2c1ccc1cnccc12.